The van der Waals surface area contributed by atoms with Crippen molar-refractivity contribution in [3.8, 4) is 0 Å². The fourth-order valence-electron chi connectivity index (χ4n) is 2.28. The summed E-state index contributed by atoms with van der Waals surface area (Å²) in [4.78, 5) is 12.3. The maximum Gasteiger partial charge on any atom is 0.320 e. The van der Waals surface area contributed by atoms with Crippen LogP contribution in [0.25, 0.3) is 0 Å². The fraction of sp³-hybridized carbons (Fsp3) is 0.0556. The fourth-order valence-corrected chi connectivity index (χ4v) is 2.89. The van der Waals surface area contributed by atoms with Crippen molar-refractivity contribution in [3.63, 3.8) is 0 Å². The topological polar surface area (TPSA) is 41.1 Å². The Morgan fingerprint density at radius 3 is 1.91 bits per heavy atom. The van der Waals surface area contributed by atoms with Crippen LogP contribution in [0.4, 0.5) is 9.80 Å². The van der Waals surface area contributed by atoms with E-state index in [-0.39, 0.29) is 12.1 Å². The summed E-state index contributed by atoms with van der Waals surface area (Å²) in [5.74, 6) is 0. The molecule has 3 aromatic rings. The highest BCUT2D eigenvalue weighted by Gasteiger charge is 2.16. The monoisotopic (exact) mass is 308 g/mol. The van der Waals surface area contributed by atoms with Gasteiger partial charge in [0.2, 0.25) is 0 Å². The Morgan fingerprint density at radius 1 is 0.818 bits per heavy atom. The van der Waals surface area contributed by atoms with Crippen molar-refractivity contribution in [1.29, 1.82) is 0 Å². The average Bonchev–Trinajstić information content (AvgIpc) is 3.07. The highest BCUT2D eigenvalue weighted by Crippen LogP contribution is 2.22. The van der Waals surface area contributed by atoms with E-state index >= 15 is 0 Å². The molecule has 0 radical (unpaired) electrons. The molecule has 2 amide bonds. The van der Waals surface area contributed by atoms with Gasteiger partial charge in [0.1, 0.15) is 0 Å². The number of carbonyl (C=O) groups excluding carboxylic acids is 1. The van der Waals surface area contributed by atoms with Crippen molar-refractivity contribution in [2.45, 2.75) is 6.04 Å². The SMILES string of the molecule is O=C(Nc1cccs1)NC(c1ccccc1)c1ccccc1. The Kier molecular flexibility index (Phi) is 4.51. The van der Waals surface area contributed by atoms with Crippen LogP contribution in [0.2, 0.25) is 0 Å². The quantitative estimate of drug-likeness (QED) is 0.723. The molecule has 0 spiro atoms. The summed E-state index contributed by atoms with van der Waals surface area (Å²) in [6.07, 6.45) is 0. The smallest absolute Gasteiger partial charge is 0.320 e. The molecule has 0 fully saturated rings. The molecule has 1 aromatic heterocycles. The van der Waals surface area contributed by atoms with Crippen LogP contribution in [0.15, 0.2) is 78.2 Å². The second-order valence-electron chi connectivity index (χ2n) is 4.83. The van der Waals surface area contributed by atoms with Gasteiger partial charge < -0.3 is 5.32 Å². The molecule has 0 aliphatic rings. The third-order valence-corrected chi connectivity index (χ3v) is 4.08. The molecule has 2 N–H and O–H groups in total. The minimum absolute atomic E-state index is 0.178. The molecule has 0 atom stereocenters. The van der Waals surface area contributed by atoms with Crippen LogP contribution in [-0.2, 0) is 0 Å². The summed E-state index contributed by atoms with van der Waals surface area (Å²) in [5, 5.41) is 8.67. The standard InChI is InChI=1S/C18H16N2OS/c21-18(19-16-12-7-13-22-16)20-17(14-8-3-1-4-9-14)15-10-5-2-6-11-15/h1-13,17H,(H2,19,20,21). The van der Waals surface area contributed by atoms with Gasteiger partial charge in [0, 0.05) is 0 Å². The van der Waals surface area contributed by atoms with E-state index in [4.69, 9.17) is 0 Å². The van der Waals surface area contributed by atoms with E-state index in [2.05, 4.69) is 10.6 Å². The van der Waals surface area contributed by atoms with E-state index in [0.29, 0.717) is 0 Å². The van der Waals surface area contributed by atoms with Crippen molar-refractivity contribution in [2.75, 3.05) is 5.32 Å². The summed E-state index contributed by atoms with van der Waals surface area (Å²) < 4.78 is 0. The number of thiophene rings is 1. The molecule has 0 unspecified atom stereocenters. The number of rotatable bonds is 4. The Labute approximate surface area is 133 Å². The summed E-state index contributed by atoms with van der Waals surface area (Å²) >= 11 is 1.50. The van der Waals surface area contributed by atoms with Gasteiger partial charge in [-0.25, -0.2) is 4.79 Å². The van der Waals surface area contributed by atoms with Gasteiger partial charge in [0.05, 0.1) is 11.0 Å². The largest absolute Gasteiger partial charge is 0.327 e. The van der Waals surface area contributed by atoms with Crippen molar-refractivity contribution < 1.29 is 4.79 Å². The number of carbonyl (C=O) groups is 1. The lowest BCUT2D eigenvalue weighted by Crippen LogP contribution is -2.32. The summed E-state index contributed by atoms with van der Waals surface area (Å²) in [6.45, 7) is 0. The Hall–Kier alpha value is -2.59. The Morgan fingerprint density at radius 2 is 1.41 bits per heavy atom. The van der Waals surface area contributed by atoms with Crippen LogP contribution in [0.1, 0.15) is 17.2 Å². The third-order valence-electron chi connectivity index (χ3n) is 3.30. The van der Waals surface area contributed by atoms with Crippen LogP contribution in [0, 0.1) is 0 Å². The molecule has 4 heteroatoms. The normalized spacial score (nSPS) is 10.4. The molecular formula is C18H16N2OS. The number of benzene rings is 2. The third kappa shape index (κ3) is 3.54. The summed E-state index contributed by atoms with van der Waals surface area (Å²) in [7, 11) is 0. The van der Waals surface area contributed by atoms with Crippen LogP contribution < -0.4 is 10.6 Å². The first kappa shape index (κ1) is 14.4. The maximum absolute atomic E-state index is 12.3. The van der Waals surface area contributed by atoms with Crippen molar-refractivity contribution in [1.82, 2.24) is 5.32 Å². The zero-order chi connectivity index (χ0) is 15.2. The molecule has 0 aliphatic carbocycles. The molecule has 0 bridgehead atoms. The molecule has 0 saturated heterocycles. The predicted octanol–water partition coefficient (Wildman–Crippen LogP) is 4.66. The first-order chi connectivity index (χ1) is 10.8. The van der Waals surface area contributed by atoms with E-state index in [1.165, 1.54) is 11.3 Å². The Balaban J connectivity index is 1.81. The number of nitrogens with one attached hydrogen (secondary N) is 2. The first-order valence-corrected chi connectivity index (χ1v) is 7.92. The van der Waals surface area contributed by atoms with Crippen LogP contribution >= 0.6 is 11.3 Å². The molecule has 1 heterocycles. The molecule has 3 nitrogen and oxygen atoms in total. The van der Waals surface area contributed by atoms with E-state index in [1.807, 2.05) is 78.2 Å². The summed E-state index contributed by atoms with van der Waals surface area (Å²) in [6, 6.07) is 23.3. The lowest BCUT2D eigenvalue weighted by atomic mass is 9.99. The lowest BCUT2D eigenvalue weighted by molar-refractivity contribution is 0.250. The molecule has 110 valence electrons. The molecular weight excluding hydrogens is 292 g/mol. The van der Waals surface area contributed by atoms with Crippen molar-refractivity contribution in [2.24, 2.45) is 0 Å². The second-order valence-corrected chi connectivity index (χ2v) is 5.78. The molecule has 0 aliphatic heterocycles. The van der Waals surface area contributed by atoms with E-state index < -0.39 is 0 Å². The van der Waals surface area contributed by atoms with E-state index in [9.17, 15) is 4.79 Å². The molecule has 22 heavy (non-hydrogen) atoms. The first-order valence-electron chi connectivity index (χ1n) is 7.04. The molecule has 3 rings (SSSR count). The molecule has 2 aromatic carbocycles. The highest BCUT2D eigenvalue weighted by molar-refractivity contribution is 7.14. The number of amides is 2. The minimum atomic E-state index is -0.208. The predicted molar refractivity (Wildman–Crippen MR) is 91.2 cm³/mol. The van der Waals surface area contributed by atoms with Gasteiger partial charge in [0.25, 0.3) is 0 Å². The van der Waals surface area contributed by atoms with Crippen LogP contribution in [0.3, 0.4) is 0 Å². The van der Waals surface area contributed by atoms with Gasteiger partial charge in [-0.15, -0.1) is 11.3 Å². The van der Waals surface area contributed by atoms with Gasteiger partial charge >= 0.3 is 6.03 Å². The highest BCUT2D eigenvalue weighted by atomic mass is 32.1. The van der Waals surface area contributed by atoms with E-state index in [0.717, 1.165) is 16.1 Å². The van der Waals surface area contributed by atoms with Gasteiger partial charge in [-0.3, -0.25) is 5.32 Å². The number of hydrogen-bond donors (Lipinski definition) is 2. The van der Waals surface area contributed by atoms with Gasteiger partial charge in [-0.2, -0.15) is 0 Å². The average molecular weight is 308 g/mol. The molecule has 0 saturated carbocycles. The van der Waals surface area contributed by atoms with Crippen LogP contribution in [-0.4, -0.2) is 6.03 Å². The minimum Gasteiger partial charge on any atom is -0.327 e. The zero-order valence-corrected chi connectivity index (χ0v) is 12.7. The lowest BCUT2D eigenvalue weighted by Gasteiger charge is -2.20. The zero-order valence-electron chi connectivity index (χ0n) is 11.9. The summed E-state index contributed by atoms with van der Waals surface area (Å²) in [5.41, 5.74) is 2.10. The Bertz CT molecular complexity index is 672. The second kappa shape index (κ2) is 6.91. The number of urea groups is 1. The number of anilines is 1. The number of hydrogen-bond acceptors (Lipinski definition) is 2. The van der Waals surface area contributed by atoms with Crippen molar-refractivity contribution >= 4 is 22.4 Å². The van der Waals surface area contributed by atoms with Crippen molar-refractivity contribution in [3.05, 3.63) is 89.3 Å². The van der Waals surface area contributed by atoms with Gasteiger partial charge in [-0.1, -0.05) is 60.7 Å². The van der Waals surface area contributed by atoms with Crippen LogP contribution in [0.5, 0.6) is 0 Å². The van der Waals surface area contributed by atoms with Gasteiger partial charge in [0.15, 0.2) is 0 Å². The van der Waals surface area contributed by atoms with Gasteiger partial charge in [-0.05, 0) is 28.6 Å². The van der Waals surface area contributed by atoms with E-state index in [1.54, 1.807) is 0 Å². The maximum atomic E-state index is 12.3.